The van der Waals surface area contributed by atoms with Crippen molar-refractivity contribution in [2.45, 2.75) is 19.3 Å². The summed E-state index contributed by atoms with van der Waals surface area (Å²) in [5.41, 5.74) is 3.71. The molecule has 0 N–H and O–H groups in total. The largest absolute Gasteiger partial charge is 0.339 e. The number of fused-ring (bicyclic) bond motifs is 1. The van der Waals surface area contributed by atoms with Crippen molar-refractivity contribution in [3.8, 4) is 11.4 Å². The number of carbonyl (C=O) groups excluding carboxylic acids is 1. The van der Waals surface area contributed by atoms with Crippen LogP contribution in [0.25, 0.3) is 21.6 Å². The number of hydrogen-bond acceptors (Lipinski definition) is 6. The molecule has 1 fully saturated rings. The maximum atomic E-state index is 14.0. The molecule has 0 aliphatic carbocycles. The van der Waals surface area contributed by atoms with Crippen molar-refractivity contribution in [3.05, 3.63) is 65.2 Å². The molecule has 2 aromatic heterocycles. The van der Waals surface area contributed by atoms with Gasteiger partial charge >= 0.3 is 0 Å². The van der Waals surface area contributed by atoms with E-state index in [4.69, 9.17) is 4.52 Å². The highest BCUT2D eigenvalue weighted by Crippen LogP contribution is 2.25. The van der Waals surface area contributed by atoms with Gasteiger partial charge in [0.05, 0.1) is 21.3 Å². The second-order valence-electron chi connectivity index (χ2n) is 7.49. The summed E-state index contributed by atoms with van der Waals surface area (Å²) in [4.78, 5) is 23.5. The van der Waals surface area contributed by atoms with Gasteiger partial charge in [0.25, 0.3) is 5.91 Å². The normalized spacial score (nSPS) is 16.8. The fourth-order valence-electron chi connectivity index (χ4n) is 3.92. The average molecular weight is 422 g/mol. The average Bonchev–Trinajstić information content (AvgIpc) is 3.42. The topological polar surface area (TPSA) is 72.1 Å². The van der Waals surface area contributed by atoms with Crippen molar-refractivity contribution in [1.82, 2.24) is 20.0 Å². The highest BCUT2D eigenvalue weighted by Gasteiger charge is 2.26. The van der Waals surface area contributed by atoms with Gasteiger partial charge in [-0.2, -0.15) is 4.98 Å². The zero-order valence-electron chi connectivity index (χ0n) is 16.1. The standard InChI is InChI=1S/C22H19FN4O2S/c23-17-6-2-1-5-16(17)21-25-20(29-26-21)10-14-4-3-9-27(12-14)22(28)15-7-8-18-19(11-15)30-13-24-18/h1-2,5-8,11,13-14H,3-4,9-10,12H2. The van der Waals surface area contributed by atoms with Gasteiger partial charge in [-0.05, 0) is 49.1 Å². The molecule has 5 rings (SSSR count). The second-order valence-corrected chi connectivity index (χ2v) is 8.38. The molecule has 1 unspecified atom stereocenters. The van der Waals surface area contributed by atoms with E-state index >= 15 is 0 Å². The lowest BCUT2D eigenvalue weighted by molar-refractivity contribution is 0.0668. The minimum absolute atomic E-state index is 0.0348. The van der Waals surface area contributed by atoms with Crippen molar-refractivity contribution in [3.63, 3.8) is 0 Å². The number of hydrogen-bond donors (Lipinski definition) is 0. The summed E-state index contributed by atoms with van der Waals surface area (Å²) in [6.45, 7) is 1.37. The third kappa shape index (κ3) is 3.70. The van der Waals surface area contributed by atoms with Gasteiger partial charge < -0.3 is 9.42 Å². The first-order chi connectivity index (χ1) is 14.7. The van der Waals surface area contributed by atoms with Gasteiger partial charge in [0.1, 0.15) is 5.82 Å². The number of thiazole rings is 1. The Morgan fingerprint density at radius 3 is 3.07 bits per heavy atom. The summed E-state index contributed by atoms with van der Waals surface area (Å²) >= 11 is 1.53. The monoisotopic (exact) mass is 422 g/mol. The zero-order chi connectivity index (χ0) is 20.5. The molecule has 8 heteroatoms. The van der Waals surface area contributed by atoms with Gasteiger partial charge in [-0.25, -0.2) is 9.37 Å². The molecule has 0 radical (unpaired) electrons. The van der Waals surface area contributed by atoms with Gasteiger partial charge in [-0.1, -0.05) is 17.3 Å². The van der Waals surface area contributed by atoms with Crippen LogP contribution in [0.15, 0.2) is 52.5 Å². The molecule has 1 saturated heterocycles. The maximum Gasteiger partial charge on any atom is 0.253 e. The van der Waals surface area contributed by atoms with Crippen molar-refractivity contribution in [2.24, 2.45) is 5.92 Å². The predicted molar refractivity (Wildman–Crippen MR) is 112 cm³/mol. The number of halogens is 1. The Morgan fingerprint density at radius 2 is 2.17 bits per heavy atom. The van der Waals surface area contributed by atoms with Crippen LogP contribution < -0.4 is 0 Å². The third-order valence-corrected chi connectivity index (χ3v) is 6.22. The summed E-state index contributed by atoms with van der Waals surface area (Å²) in [6, 6.07) is 12.0. The van der Waals surface area contributed by atoms with Crippen molar-refractivity contribution in [1.29, 1.82) is 0 Å². The van der Waals surface area contributed by atoms with E-state index in [2.05, 4.69) is 15.1 Å². The number of likely N-dealkylation sites (tertiary alicyclic amines) is 1. The molecule has 1 atom stereocenters. The Labute approximate surface area is 176 Å². The molecule has 4 aromatic rings. The van der Waals surface area contributed by atoms with Crippen LogP contribution in [-0.2, 0) is 6.42 Å². The van der Waals surface area contributed by atoms with Gasteiger partial charge in [0.15, 0.2) is 0 Å². The smallest absolute Gasteiger partial charge is 0.253 e. The van der Waals surface area contributed by atoms with Crippen LogP contribution in [0.3, 0.4) is 0 Å². The van der Waals surface area contributed by atoms with Crippen LogP contribution in [0.1, 0.15) is 29.1 Å². The number of piperidine rings is 1. The lowest BCUT2D eigenvalue weighted by Gasteiger charge is -2.32. The first kappa shape index (κ1) is 18.9. The van der Waals surface area contributed by atoms with E-state index < -0.39 is 0 Å². The molecule has 1 aliphatic heterocycles. The first-order valence-electron chi connectivity index (χ1n) is 9.87. The molecule has 3 heterocycles. The molecule has 1 amide bonds. The SMILES string of the molecule is O=C(c1ccc2ncsc2c1)N1CCCC(Cc2nc(-c3ccccc3F)no2)C1. The summed E-state index contributed by atoms with van der Waals surface area (Å²) in [5, 5.41) is 3.93. The van der Waals surface area contributed by atoms with E-state index in [1.165, 1.54) is 17.4 Å². The van der Waals surface area contributed by atoms with Crippen molar-refractivity contribution in [2.75, 3.05) is 13.1 Å². The van der Waals surface area contributed by atoms with Crippen LogP contribution in [0, 0.1) is 11.7 Å². The highest BCUT2D eigenvalue weighted by atomic mass is 32.1. The summed E-state index contributed by atoms with van der Waals surface area (Å²) in [5.74, 6) is 0.608. The van der Waals surface area contributed by atoms with Crippen molar-refractivity contribution < 1.29 is 13.7 Å². The first-order valence-corrected chi connectivity index (χ1v) is 10.8. The van der Waals surface area contributed by atoms with Crippen molar-refractivity contribution >= 4 is 27.5 Å². The van der Waals surface area contributed by atoms with E-state index in [0.29, 0.717) is 30.0 Å². The third-order valence-electron chi connectivity index (χ3n) is 5.43. The Bertz CT molecular complexity index is 1200. The van der Waals surface area contributed by atoms with Crippen LogP contribution in [0.4, 0.5) is 4.39 Å². The summed E-state index contributed by atoms with van der Waals surface area (Å²) in [7, 11) is 0. The quantitative estimate of drug-likeness (QED) is 0.481. The number of benzene rings is 2. The van der Waals surface area contributed by atoms with E-state index in [1.54, 1.807) is 23.7 Å². The zero-order valence-corrected chi connectivity index (χ0v) is 16.9. The molecule has 152 valence electrons. The minimum atomic E-state index is -0.378. The van der Waals surface area contributed by atoms with E-state index in [1.807, 2.05) is 23.1 Å². The molecule has 2 aromatic carbocycles. The maximum absolute atomic E-state index is 14.0. The lowest BCUT2D eigenvalue weighted by Crippen LogP contribution is -2.40. The molecular formula is C22H19FN4O2S. The van der Waals surface area contributed by atoms with Gasteiger partial charge in [-0.3, -0.25) is 4.79 Å². The Balaban J connectivity index is 1.28. The van der Waals surface area contributed by atoms with Crippen LogP contribution in [-0.4, -0.2) is 39.0 Å². The lowest BCUT2D eigenvalue weighted by atomic mass is 9.94. The number of aromatic nitrogens is 3. The van der Waals surface area contributed by atoms with Crippen LogP contribution in [0.2, 0.25) is 0 Å². The predicted octanol–water partition coefficient (Wildman–Crippen LogP) is 4.58. The molecule has 0 spiro atoms. The molecule has 30 heavy (non-hydrogen) atoms. The number of amides is 1. The Morgan fingerprint density at radius 1 is 1.27 bits per heavy atom. The fourth-order valence-corrected chi connectivity index (χ4v) is 4.64. The van der Waals surface area contributed by atoms with Crippen LogP contribution >= 0.6 is 11.3 Å². The summed E-state index contributed by atoms with van der Waals surface area (Å²) < 4.78 is 20.3. The van der Waals surface area contributed by atoms with Gasteiger partial charge in [-0.15, -0.1) is 11.3 Å². The Kier molecular flexibility index (Phi) is 5.00. The highest BCUT2D eigenvalue weighted by molar-refractivity contribution is 7.16. The van der Waals surface area contributed by atoms with E-state index in [9.17, 15) is 9.18 Å². The number of carbonyl (C=O) groups is 1. The summed E-state index contributed by atoms with van der Waals surface area (Å²) in [6.07, 6.45) is 2.47. The molecule has 6 nitrogen and oxygen atoms in total. The molecule has 1 aliphatic rings. The molecule has 0 saturated carbocycles. The number of nitrogens with zero attached hydrogens (tertiary/aromatic N) is 4. The second kappa shape index (κ2) is 7.95. The number of rotatable bonds is 4. The van der Waals surface area contributed by atoms with Gasteiger partial charge in [0.2, 0.25) is 11.7 Å². The minimum Gasteiger partial charge on any atom is -0.339 e. The molecule has 0 bridgehead atoms. The fraction of sp³-hybridized carbons (Fsp3) is 0.273. The van der Waals surface area contributed by atoms with Gasteiger partial charge in [0, 0.05) is 25.1 Å². The Hall–Kier alpha value is -3.13. The molecular weight excluding hydrogens is 403 g/mol. The van der Waals surface area contributed by atoms with E-state index in [-0.39, 0.29) is 23.5 Å². The van der Waals surface area contributed by atoms with E-state index in [0.717, 1.165) is 29.6 Å². The van der Waals surface area contributed by atoms with Crippen LogP contribution in [0.5, 0.6) is 0 Å².